The first kappa shape index (κ1) is 17.5. The van der Waals surface area contributed by atoms with Gasteiger partial charge in [0.1, 0.15) is 27.8 Å². The number of rotatable bonds is 5. The van der Waals surface area contributed by atoms with E-state index in [1.54, 1.807) is 6.92 Å². The number of benzene rings is 1. The number of nitrogens with zero attached hydrogens (tertiary/aromatic N) is 3. The number of carbonyl (C=O) groups is 1. The van der Waals surface area contributed by atoms with E-state index in [4.69, 9.17) is 16.1 Å². The maximum Gasteiger partial charge on any atom is 0.263 e. The molecule has 2 heterocycles. The van der Waals surface area contributed by atoms with Gasteiger partial charge in [0.2, 0.25) is 5.13 Å². The quantitative estimate of drug-likeness (QED) is 0.704. The molecule has 0 fully saturated rings. The number of aryl methyl sites for hydroxylation is 2. The van der Waals surface area contributed by atoms with Gasteiger partial charge in [0.15, 0.2) is 0 Å². The van der Waals surface area contributed by atoms with Crippen LogP contribution in [0.25, 0.3) is 11.3 Å². The molecular formula is C16H14ClFN4O2S. The minimum Gasteiger partial charge on any atom is -0.360 e. The van der Waals surface area contributed by atoms with Crippen LogP contribution in [-0.2, 0) is 6.42 Å². The van der Waals surface area contributed by atoms with Gasteiger partial charge >= 0.3 is 0 Å². The van der Waals surface area contributed by atoms with Gasteiger partial charge in [0.05, 0.1) is 10.6 Å². The van der Waals surface area contributed by atoms with Crippen molar-refractivity contribution in [3.63, 3.8) is 0 Å². The second-order valence-corrected chi connectivity index (χ2v) is 6.73. The highest BCUT2D eigenvalue weighted by molar-refractivity contribution is 7.15. The Morgan fingerprint density at radius 2 is 2.20 bits per heavy atom. The Morgan fingerprint density at radius 1 is 1.40 bits per heavy atom. The Labute approximate surface area is 152 Å². The van der Waals surface area contributed by atoms with E-state index in [1.807, 2.05) is 6.92 Å². The zero-order valence-electron chi connectivity index (χ0n) is 13.5. The normalized spacial score (nSPS) is 10.9. The van der Waals surface area contributed by atoms with Gasteiger partial charge in [-0.2, -0.15) is 0 Å². The van der Waals surface area contributed by atoms with Crippen LogP contribution in [0.2, 0.25) is 5.02 Å². The molecule has 1 aromatic carbocycles. The summed E-state index contributed by atoms with van der Waals surface area (Å²) in [5.41, 5.74) is 0.186. The highest BCUT2D eigenvalue weighted by atomic mass is 35.5. The third kappa shape index (κ3) is 3.54. The standard InChI is InChI=1S/C16H14ClFN4O2S/c1-3-5-11-20-21-16(25-11)19-15(23)12-8(2)24-22-14(12)13-9(17)6-4-7-10(13)18/h4,6-7H,3,5H2,1-2H3,(H,19,21,23). The molecule has 0 bridgehead atoms. The zero-order valence-corrected chi connectivity index (χ0v) is 15.0. The van der Waals surface area contributed by atoms with E-state index in [-0.39, 0.29) is 27.6 Å². The lowest BCUT2D eigenvalue weighted by molar-refractivity contribution is 0.102. The summed E-state index contributed by atoms with van der Waals surface area (Å²) in [4.78, 5) is 12.6. The summed E-state index contributed by atoms with van der Waals surface area (Å²) < 4.78 is 19.3. The lowest BCUT2D eigenvalue weighted by Crippen LogP contribution is -2.13. The molecule has 9 heteroatoms. The number of carbonyl (C=O) groups excluding carboxylic acids is 1. The molecule has 130 valence electrons. The number of anilines is 1. The van der Waals surface area contributed by atoms with E-state index < -0.39 is 11.7 Å². The van der Waals surface area contributed by atoms with Gasteiger partial charge in [-0.1, -0.05) is 41.1 Å². The maximum absolute atomic E-state index is 14.2. The zero-order chi connectivity index (χ0) is 18.0. The van der Waals surface area contributed by atoms with E-state index in [0.717, 1.165) is 17.8 Å². The van der Waals surface area contributed by atoms with Crippen molar-refractivity contribution < 1.29 is 13.7 Å². The van der Waals surface area contributed by atoms with Gasteiger partial charge in [0, 0.05) is 6.42 Å². The molecule has 0 saturated carbocycles. The van der Waals surface area contributed by atoms with Crippen LogP contribution in [0.15, 0.2) is 22.7 Å². The van der Waals surface area contributed by atoms with Gasteiger partial charge in [-0.15, -0.1) is 10.2 Å². The van der Waals surface area contributed by atoms with Crippen molar-refractivity contribution in [3.8, 4) is 11.3 Å². The number of hydrogen-bond acceptors (Lipinski definition) is 6. The minimum atomic E-state index is -0.587. The average molecular weight is 381 g/mol. The molecule has 0 unspecified atom stereocenters. The molecule has 6 nitrogen and oxygen atoms in total. The predicted molar refractivity (Wildman–Crippen MR) is 93.5 cm³/mol. The molecule has 0 aliphatic carbocycles. The predicted octanol–water partition coefficient (Wildman–Crippen LogP) is 4.50. The van der Waals surface area contributed by atoms with Crippen LogP contribution in [0.5, 0.6) is 0 Å². The molecule has 3 aromatic rings. The summed E-state index contributed by atoms with van der Waals surface area (Å²) in [7, 11) is 0. The van der Waals surface area contributed by atoms with Crippen LogP contribution >= 0.6 is 22.9 Å². The van der Waals surface area contributed by atoms with Crippen LogP contribution in [0.1, 0.15) is 34.5 Å². The van der Waals surface area contributed by atoms with Crippen molar-refractivity contribution in [2.75, 3.05) is 5.32 Å². The SMILES string of the molecule is CCCc1nnc(NC(=O)c2c(-c3c(F)cccc3Cl)noc2C)s1. The van der Waals surface area contributed by atoms with Crippen molar-refractivity contribution in [3.05, 3.63) is 45.4 Å². The summed E-state index contributed by atoms with van der Waals surface area (Å²) in [6.07, 6.45) is 1.72. The van der Waals surface area contributed by atoms with E-state index in [9.17, 15) is 9.18 Å². The van der Waals surface area contributed by atoms with E-state index in [2.05, 4.69) is 20.7 Å². The topological polar surface area (TPSA) is 80.9 Å². The molecule has 0 spiro atoms. The van der Waals surface area contributed by atoms with Crippen LogP contribution < -0.4 is 5.32 Å². The lowest BCUT2D eigenvalue weighted by Gasteiger charge is -2.05. The molecule has 0 atom stereocenters. The molecule has 25 heavy (non-hydrogen) atoms. The van der Waals surface area contributed by atoms with Crippen molar-refractivity contribution in [2.45, 2.75) is 26.7 Å². The minimum absolute atomic E-state index is 0.0232. The van der Waals surface area contributed by atoms with Crippen molar-refractivity contribution in [1.29, 1.82) is 0 Å². The van der Waals surface area contributed by atoms with E-state index >= 15 is 0 Å². The number of aromatic nitrogens is 3. The summed E-state index contributed by atoms with van der Waals surface area (Å²) in [6.45, 7) is 3.60. The van der Waals surface area contributed by atoms with Crippen molar-refractivity contribution in [1.82, 2.24) is 15.4 Å². The van der Waals surface area contributed by atoms with Crippen LogP contribution in [0.3, 0.4) is 0 Å². The first-order valence-electron chi connectivity index (χ1n) is 7.55. The van der Waals surface area contributed by atoms with Gasteiger partial charge in [-0.3, -0.25) is 10.1 Å². The highest BCUT2D eigenvalue weighted by Gasteiger charge is 2.26. The Hall–Kier alpha value is -2.32. The largest absolute Gasteiger partial charge is 0.360 e. The van der Waals surface area contributed by atoms with Gasteiger partial charge in [-0.05, 0) is 25.5 Å². The van der Waals surface area contributed by atoms with E-state index in [0.29, 0.717) is 5.13 Å². The third-order valence-corrected chi connectivity index (χ3v) is 4.65. The molecule has 0 aliphatic heterocycles. The van der Waals surface area contributed by atoms with Crippen LogP contribution in [-0.4, -0.2) is 21.3 Å². The molecule has 3 rings (SSSR count). The summed E-state index contributed by atoms with van der Waals surface area (Å²) in [5, 5.41) is 15.7. The monoisotopic (exact) mass is 380 g/mol. The number of hydrogen-bond donors (Lipinski definition) is 1. The molecular weight excluding hydrogens is 367 g/mol. The summed E-state index contributed by atoms with van der Waals surface area (Å²) >= 11 is 7.37. The highest BCUT2D eigenvalue weighted by Crippen LogP contribution is 2.33. The van der Waals surface area contributed by atoms with Crippen LogP contribution in [0.4, 0.5) is 9.52 Å². The molecule has 0 saturated heterocycles. The van der Waals surface area contributed by atoms with Gasteiger partial charge in [0.25, 0.3) is 5.91 Å². The first-order chi connectivity index (χ1) is 12.0. The second kappa shape index (κ2) is 7.28. The fourth-order valence-electron chi connectivity index (χ4n) is 2.31. The fraction of sp³-hybridized carbons (Fsp3) is 0.250. The number of amides is 1. The molecule has 0 radical (unpaired) electrons. The number of nitrogens with one attached hydrogen (secondary N) is 1. The Morgan fingerprint density at radius 3 is 2.92 bits per heavy atom. The molecule has 1 amide bonds. The van der Waals surface area contributed by atoms with Crippen molar-refractivity contribution in [2.24, 2.45) is 0 Å². The molecule has 1 N–H and O–H groups in total. The smallest absolute Gasteiger partial charge is 0.263 e. The summed E-state index contributed by atoms with van der Waals surface area (Å²) in [6, 6.07) is 4.24. The van der Waals surface area contributed by atoms with E-state index in [1.165, 1.54) is 29.5 Å². The Kier molecular flexibility index (Phi) is 5.10. The Balaban J connectivity index is 1.94. The average Bonchev–Trinajstić information content (AvgIpc) is 3.14. The molecule has 2 aromatic heterocycles. The first-order valence-corrected chi connectivity index (χ1v) is 8.75. The van der Waals surface area contributed by atoms with Crippen molar-refractivity contribution >= 4 is 34.0 Å². The molecule has 0 aliphatic rings. The van der Waals surface area contributed by atoms with Crippen LogP contribution in [0, 0.1) is 12.7 Å². The van der Waals surface area contributed by atoms with Gasteiger partial charge < -0.3 is 4.52 Å². The fourth-order valence-corrected chi connectivity index (χ4v) is 3.40. The Bertz CT molecular complexity index is 905. The second-order valence-electron chi connectivity index (χ2n) is 5.26. The summed E-state index contributed by atoms with van der Waals surface area (Å²) in [5.74, 6) is -0.839. The van der Waals surface area contributed by atoms with Gasteiger partial charge in [-0.25, -0.2) is 4.39 Å². The lowest BCUT2D eigenvalue weighted by atomic mass is 10.1. The third-order valence-electron chi connectivity index (χ3n) is 3.44. The maximum atomic E-state index is 14.2. The number of halogens is 2.